The number of hydrogen-bond donors (Lipinski definition) is 0. The van der Waals surface area contributed by atoms with E-state index in [9.17, 15) is 0 Å². The van der Waals surface area contributed by atoms with E-state index < -0.39 is 0 Å². The van der Waals surface area contributed by atoms with Crippen LogP contribution in [0.5, 0.6) is 0 Å². The van der Waals surface area contributed by atoms with E-state index in [0.29, 0.717) is 16.2 Å². The summed E-state index contributed by atoms with van der Waals surface area (Å²) >= 11 is 12.0. The second-order valence-electron chi connectivity index (χ2n) is 4.87. The van der Waals surface area contributed by atoms with Gasteiger partial charge in [0.2, 0.25) is 0 Å². The van der Waals surface area contributed by atoms with Crippen molar-refractivity contribution >= 4 is 23.2 Å². The zero-order valence-corrected chi connectivity index (χ0v) is 12.9. The molecule has 1 aromatic heterocycles. The molecule has 18 heavy (non-hydrogen) atoms. The van der Waals surface area contributed by atoms with Gasteiger partial charge < -0.3 is 0 Å². The summed E-state index contributed by atoms with van der Waals surface area (Å²) < 4.78 is 0. The van der Waals surface area contributed by atoms with Gasteiger partial charge in [0.15, 0.2) is 0 Å². The Labute approximate surface area is 120 Å². The van der Waals surface area contributed by atoms with Crippen LogP contribution in [-0.2, 0) is 6.54 Å². The predicted octanol–water partition coefficient (Wildman–Crippen LogP) is 4.79. The van der Waals surface area contributed by atoms with Gasteiger partial charge >= 0.3 is 0 Å². The summed E-state index contributed by atoms with van der Waals surface area (Å²) in [6.07, 6.45) is 5.53. The van der Waals surface area contributed by atoms with Crippen molar-refractivity contribution in [2.75, 3.05) is 6.54 Å². The third-order valence-corrected chi connectivity index (χ3v) is 3.61. The molecule has 4 heteroatoms. The van der Waals surface area contributed by atoms with E-state index in [-0.39, 0.29) is 0 Å². The highest BCUT2D eigenvalue weighted by atomic mass is 35.5. The van der Waals surface area contributed by atoms with Gasteiger partial charge in [0.05, 0.1) is 0 Å². The monoisotopic (exact) mass is 288 g/mol. The van der Waals surface area contributed by atoms with Crippen molar-refractivity contribution < 1.29 is 0 Å². The van der Waals surface area contributed by atoms with Crippen molar-refractivity contribution in [1.29, 1.82) is 0 Å². The fourth-order valence-electron chi connectivity index (χ4n) is 1.86. The van der Waals surface area contributed by atoms with Gasteiger partial charge in [0.25, 0.3) is 0 Å². The van der Waals surface area contributed by atoms with Crippen molar-refractivity contribution in [2.24, 2.45) is 0 Å². The Hall–Kier alpha value is -0.310. The van der Waals surface area contributed by atoms with E-state index in [2.05, 4.69) is 30.7 Å². The molecule has 0 unspecified atom stereocenters. The molecule has 0 fully saturated rings. The molecule has 0 saturated carbocycles. The van der Waals surface area contributed by atoms with Gasteiger partial charge in [-0.05, 0) is 32.9 Å². The Morgan fingerprint density at radius 3 is 2.56 bits per heavy atom. The van der Waals surface area contributed by atoms with Gasteiger partial charge in [-0.1, -0.05) is 43.0 Å². The SMILES string of the molecule is CCCCCN(Cc1cnc(Cl)cc1Cl)C(C)C. The highest BCUT2D eigenvalue weighted by Crippen LogP contribution is 2.21. The van der Waals surface area contributed by atoms with Crippen LogP contribution in [0.25, 0.3) is 0 Å². The molecule has 102 valence electrons. The average molecular weight is 289 g/mol. The lowest BCUT2D eigenvalue weighted by atomic mass is 10.2. The van der Waals surface area contributed by atoms with Crippen molar-refractivity contribution in [1.82, 2.24) is 9.88 Å². The molecule has 1 heterocycles. The maximum absolute atomic E-state index is 6.19. The summed E-state index contributed by atoms with van der Waals surface area (Å²) in [5.41, 5.74) is 1.05. The highest BCUT2D eigenvalue weighted by Gasteiger charge is 2.12. The van der Waals surface area contributed by atoms with E-state index in [4.69, 9.17) is 23.2 Å². The minimum atomic E-state index is 0.450. The second-order valence-corrected chi connectivity index (χ2v) is 5.66. The van der Waals surface area contributed by atoms with Gasteiger partial charge in [-0.25, -0.2) is 4.98 Å². The largest absolute Gasteiger partial charge is 0.297 e. The number of nitrogens with zero attached hydrogens (tertiary/aromatic N) is 2. The average Bonchev–Trinajstić information content (AvgIpc) is 2.30. The molecule has 0 aliphatic heterocycles. The Balaban J connectivity index is 2.64. The fraction of sp³-hybridized carbons (Fsp3) is 0.643. The van der Waals surface area contributed by atoms with Gasteiger partial charge in [-0.3, -0.25) is 4.90 Å². The highest BCUT2D eigenvalue weighted by molar-refractivity contribution is 6.34. The summed E-state index contributed by atoms with van der Waals surface area (Å²) in [6, 6.07) is 2.22. The Morgan fingerprint density at radius 1 is 1.28 bits per heavy atom. The third-order valence-electron chi connectivity index (χ3n) is 3.05. The number of rotatable bonds is 7. The molecule has 0 bridgehead atoms. The number of aromatic nitrogens is 1. The molecule has 2 nitrogen and oxygen atoms in total. The predicted molar refractivity (Wildman–Crippen MR) is 79.3 cm³/mol. The Bertz CT molecular complexity index is 367. The zero-order chi connectivity index (χ0) is 13.5. The normalized spacial score (nSPS) is 11.5. The van der Waals surface area contributed by atoms with E-state index in [1.807, 2.05) is 0 Å². The third kappa shape index (κ3) is 5.13. The molecule has 0 saturated heterocycles. The van der Waals surface area contributed by atoms with Gasteiger partial charge in [-0.15, -0.1) is 0 Å². The van der Waals surface area contributed by atoms with Gasteiger partial charge in [0, 0.05) is 29.4 Å². The molecule has 0 aliphatic rings. The first kappa shape index (κ1) is 15.7. The lowest BCUT2D eigenvalue weighted by Crippen LogP contribution is -2.31. The van der Waals surface area contributed by atoms with Crippen molar-refractivity contribution in [3.63, 3.8) is 0 Å². The summed E-state index contributed by atoms with van der Waals surface area (Å²) in [4.78, 5) is 6.53. The topological polar surface area (TPSA) is 16.1 Å². The number of halogens is 2. The first-order valence-electron chi connectivity index (χ1n) is 6.58. The van der Waals surface area contributed by atoms with Gasteiger partial charge in [-0.2, -0.15) is 0 Å². The van der Waals surface area contributed by atoms with Gasteiger partial charge in [0.1, 0.15) is 5.15 Å². The van der Waals surface area contributed by atoms with Crippen LogP contribution in [0, 0.1) is 0 Å². The van der Waals surface area contributed by atoms with Crippen LogP contribution in [0.2, 0.25) is 10.2 Å². The minimum Gasteiger partial charge on any atom is -0.297 e. The Kier molecular flexibility index (Phi) is 6.98. The van der Waals surface area contributed by atoms with E-state index in [0.717, 1.165) is 18.7 Å². The number of unbranched alkanes of at least 4 members (excludes halogenated alkanes) is 2. The maximum atomic E-state index is 6.19. The summed E-state index contributed by atoms with van der Waals surface area (Å²) in [6.45, 7) is 8.58. The van der Waals surface area contributed by atoms with Crippen molar-refractivity contribution in [3.05, 3.63) is 28.0 Å². The molecule has 1 aromatic rings. The van der Waals surface area contributed by atoms with E-state index in [1.165, 1.54) is 19.3 Å². The van der Waals surface area contributed by atoms with Crippen molar-refractivity contribution in [2.45, 2.75) is 52.6 Å². The summed E-state index contributed by atoms with van der Waals surface area (Å²) in [7, 11) is 0. The maximum Gasteiger partial charge on any atom is 0.130 e. The van der Waals surface area contributed by atoms with Crippen LogP contribution in [-0.4, -0.2) is 22.5 Å². The molecule has 0 aromatic carbocycles. The fourth-order valence-corrected chi connectivity index (χ4v) is 2.28. The number of pyridine rings is 1. The molecule has 0 spiro atoms. The smallest absolute Gasteiger partial charge is 0.130 e. The van der Waals surface area contributed by atoms with Crippen LogP contribution in [0.1, 0.15) is 45.6 Å². The second kappa shape index (κ2) is 7.98. The lowest BCUT2D eigenvalue weighted by molar-refractivity contribution is 0.208. The first-order valence-corrected chi connectivity index (χ1v) is 7.34. The van der Waals surface area contributed by atoms with Crippen LogP contribution in [0.4, 0.5) is 0 Å². The van der Waals surface area contributed by atoms with E-state index >= 15 is 0 Å². The quantitative estimate of drug-likeness (QED) is 0.530. The van der Waals surface area contributed by atoms with Crippen LogP contribution >= 0.6 is 23.2 Å². The molecule has 1 rings (SSSR count). The molecule has 0 atom stereocenters. The van der Waals surface area contributed by atoms with Crippen molar-refractivity contribution in [3.8, 4) is 0 Å². The lowest BCUT2D eigenvalue weighted by Gasteiger charge is -2.26. The van der Waals surface area contributed by atoms with Crippen LogP contribution in [0.15, 0.2) is 12.3 Å². The summed E-state index contributed by atoms with van der Waals surface area (Å²) in [5, 5.41) is 1.15. The Morgan fingerprint density at radius 2 is 2.00 bits per heavy atom. The molecule has 0 aliphatic carbocycles. The first-order chi connectivity index (χ1) is 8.54. The standard InChI is InChI=1S/C14H22Cl2N2/c1-4-5-6-7-18(11(2)3)10-12-9-17-14(16)8-13(12)15/h8-9,11H,4-7,10H2,1-3H3. The molecule has 0 radical (unpaired) electrons. The number of hydrogen-bond acceptors (Lipinski definition) is 2. The van der Waals surface area contributed by atoms with E-state index in [1.54, 1.807) is 12.3 Å². The van der Waals surface area contributed by atoms with Crippen LogP contribution < -0.4 is 0 Å². The summed E-state index contributed by atoms with van der Waals surface area (Å²) in [5.74, 6) is 0. The molecular formula is C14H22Cl2N2. The zero-order valence-electron chi connectivity index (χ0n) is 11.4. The van der Waals surface area contributed by atoms with Crippen LogP contribution in [0.3, 0.4) is 0 Å². The minimum absolute atomic E-state index is 0.450. The molecule has 0 amide bonds. The molecule has 0 N–H and O–H groups in total. The molecular weight excluding hydrogens is 267 g/mol.